The number of benzene rings is 2. The van der Waals surface area contributed by atoms with Crippen LogP contribution in [-0.2, 0) is 22.7 Å². The Kier molecular flexibility index (Phi) is 8.01. The number of hydrazine groups is 1. The van der Waals surface area contributed by atoms with Crippen LogP contribution >= 0.6 is 11.6 Å². The highest BCUT2D eigenvalue weighted by molar-refractivity contribution is 6.31. The monoisotopic (exact) mass is 513 g/mol. The Hall–Kier alpha value is -3.30. The number of methoxy groups -OCH3 is 1. The summed E-state index contributed by atoms with van der Waals surface area (Å²) in [5.41, 5.74) is 1.74. The van der Waals surface area contributed by atoms with Crippen molar-refractivity contribution in [1.82, 2.24) is 25.1 Å². The lowest BCUT2D eigenvalue weighted by atomic mass is 10.0. The SMILES string of the molecule is CCCC1C(=O)N(Cc2ccccc2Cl)CC2N1C(=O)CN(C)N2C(=O)NCc1ccc(OC)cc1. The highest BCUT2D eigenvalue weighted by atomic mass is 35.5. The average molecular weight is 514 g/mol. The van der Waals surface area contributed by atoms with E-state index in [9.17, 15) is 14.4 Å². The molecule has 1 N–H and O–H groups in total. The zero-order valence-electron chi connectivity index (χ0n) is 20.8. The Labute approximate surface area is 216 Å². The number of nitrogens with zero attached hydrogens (tertiary/aromatic N) is 4. The van der Waals surface area contributed by atoms with Crippen molar-refractivity contribution in [1.29, 1.82) is 0 Å². The molecule has 2 atom stereocenters. The van der Waals surface area contributed by atoms with Gasteiger partial charge in [-0.25, -0.2) is 14.8 Å². The molecule has 2 aliphatic heterocycles. The maximum Gasteiger partial charge on any atom is 0.334 e. The second kappa shape index (κ2) is 11.2. The summed E-state index contributed by atoms with van der Waals surface area (Å²) in [6.07, 6.45) is 0.626. The summed E-state index contributed by atoms with van der Waals surface area (Å²) < 4.78 is 5.19. The fourth-order valence-electron chi connectivity index (χ4n) is 4.83. The minimum absolute atomic E-state index is 0.0183. The van der Waals surface area contributed by atoms with Gasteiger partial charge in [0.2, 0.25) is 11.8 Å². The first kappa shape index (κ1) is 25.8. The van der Waals surface area contributed by atoms with E-state index in [0.29, 0.717) is 24.5 Å². The quantitative estimate of drug-likeness (QED) is 0.615. The summed E-state index contributed by atoms with van der Waals surface area (Å²) >= 11 is 6.38. The van der Waals surface area contributed by atoms with Crippen molar-refractivity contribution in [2.45, 2.75) is 45.1 Å². The van der Waals surface area contributed by atoms with Gasteiger partial charge in [-0.2, -0.15) is 0 Å². The number of urea groups is 1. The summed E-state index contributed by atoms with van der Waals surface area (Å²) in [5.74, 6) is 0.456. The number of ether oxygens (including phenoxy) is 1. The van der Waals surface area contributed by atoms with Crippen molar-refractivity contribution >= 4 is 29.4 Å². The fraction of sp³-hybridized carbons (Fsp3) is 0.423. The van der Waals surface area contributed by atoms with Crippen molar-refractivity contribution in [3.63, 3.8) is 0 Å². The van der Waals surface area contributed by atoms with Gasteiger partial charge >= 0.3 is 6.03 Å². The molecular weight excluding hydrogens is 482 g/mol. The zero-order valence-corrected chi connectivity index (χ0v) is 21.6. The van der Waals surface area contributed by atoms with Crippen LogP contribution in [0.5, 0.6) is 5.75 Å². The largest absolute Gasteiger partial charge is 0.497 e. The number of halogens is 1. The third-order valence-electron chi connectivity index (χ3n) is 6.63. The van der Waals surface area contributed by atoms with Gasteiger partial charge < -0.3 is 19.9 Å². The molecule has 2 unspecified atom stereocenters. The number of hydrogen-bond acceptors (Lipinski definition) is 5. The molecule has 0 radical (unpaired) electrons. The Bertz CT molecular complexity index is 1110. The Morgan fingerprint density at radius 3 is 2.53 bits per heavy atom. The molecule has 0 aliphatic carbocycles. The van der Waals surface area contributed by atoms with E-state index in [4.69, 9.17) is 16.3 Å². The molecule has 0 spiro atoms. The lowest BCUT2D eigenvalue weighted by Gasteiger charge is -2.54. The Morgan fingerprint density at radius 2 is 1.86 bits per heavy atom. The first-order chi connectivity index (χ1) is 17.3. The number of piperazine rings is 1. The molecule has 0 saturated carbocycles. The van der Waals surface area contributed by atoms with Gasteiger partial charge in [-0.1, -0.05) is 55.3 Å². The van der Waals surface area contributed by atoms with E-state index >= 15 is 0 Å². The summed E-state index contributed by atoms with van der Waals surface area (Å²) in [4.78, 5) is 43.3. The number of nitrogens with one attached hydrogen (secondary N) is 1. The third kappa shape index (κ3) is 5.27. The Balaban J connectivity index is 1.57. The second-order valence-electron chi connectivity index (χ2n) is 9.06. The van der Waals surface area contributed by atoms with E-state index in [-0.39, 0.29) is 30.9 Å². The molecule has 2 fully saturated rings. The number of likely N-dealkylation sites (N-methyl/N-ethyl adjacent to an activating group) is 1. The third-order valence-corrected chi connectivity index (χ3v) is 7.00. The molecule has 2 heterocycles. The van der Waals surface area contributed by atoms with Crippen molar-refractivity contribution in [3.8, 4) is 5.75 Å². The fourth-order valence-corrected chi connectivity index (χ4v) is 5.03. The molecule has 10 heteroatoms. The van der Waals surface area contributed by atoms with Crippen LogP contribution in [-0.4, -0.2) is 77.1 Å². The summed E-state index contributed by atoms with van der Waals surface area (Å²) in [7, 11) is 3.32. The lowest BCUT2D eigenvalue weighted by molar-refractivity contribution is -0.188. The topological polar surface area (TPSA) is 85.4 Å². The molecule has 2 saturated heterocycles. The van der Waals surface area contributed by atoms with Gasteiger partial charge in [-0.15, -0.1) is 0 Å². The molecule has 192 valence electrons. The van der Waals surface area contributed by atoms with Crippen molar-refractivity contribution in [2.24, 2.45) is 0 Å². The molecule has 0 aromatic heterocycles. The van der Waals surface area contributed by atoms with E-state index in [2.05, 4.69) is 5.32 Å². The summed E-state index contributed by atoms with van der Waals surface area (Å²) in [6.45, 7) is 2.81. The maximum absolute atomic E-state index is 13.5. The average Bonchev–Trinajstić information content (AvgIpc) is 2.86. The molecule has 4 rings (SSSR count). The molecule has 0 bridgehead atoms. The van der Waals surface area contributed by atoms with Gasteiger partial charge in [-0.05, 0) is 35.7 Å². The zero-order chi connectivity index (χ0) is 25.8. The first-order valence-electron chi connectivity index (χ1n) is 12.1. The first-order valence-corrected chi connectivity index (χ1v) is 12.5. The number of hydrogen-bond donors (Lipinski definition) is 1. The van der Waals surface area contributed by atoms with E-state index < -0.39 is 12.2 Å². The van der Waals surface area contributed by atoms with Crippen LogP contribution in [0.25, 0.3) is 0 Å². The minimum Gasteiger partial charge on any atom is -0.497 e. The molecule has 2 aromatic carbocycles. The number of fused-ring (bicyclic) bond motifs is 1. The van der Waals surface area contributed by atoms with E-state index in [0.717, 1.165) is 23.3 Å². The van der Waals surface area contributed by atoms with Crippen LogP contribution < -0.4 is 10.1 Å². The number of amides is 4. The maximum atomic E-state index is 13.5. The molecule has 2 aromatic rings. The predicted octanol–water partition coefficient (Wildman–Crippen LogP) is 3.09. The van der Waals surface area contributed by atoms with Crippen molar-refractivity contribution in [3.05, 3.63) is 64.7 Å². The number of rotatable bonds is 7. The normalized spacial score (nSPS) is 20.4. The van der Waals surface area contributed by atoms with Gasteiger partial charge in [-0.3, -0.25) is 9.59 Å². The highest BCUT2D eigenvalue weighted by Gasteiger charge is 2.50. The van der Waals surface area contributed by atoms with Crippen molar-refractivity contribution in [2.75, 3.05) is 27.2 Å². The van der Waals surface area contributed by atoms with Gasteiger partial charge in [0.1, 0.15) is 18.0 Å². The van der Waals surface area contributed by atoms with Gasteiger partial charge in [0, 0.05) is 25.2 Å². The molecule has 36 heavy (non-hydrogen) atoms. The number of carbonyl (C=O) groups excluding carboxylic acids is 3. The Morgan fingerprint density at radius 1 is 1.14 bits per heavy atom. The van der Waals surface area contributed by atoms with E-state index in [1.165, 1.54) is 0 Å². The molecule has 2 aliphatic rings. The van der Waals surface area contributed by atoms with Crippen LogP contribution in [0, 0.1) is 0 Å². The van der Waals surface area contributed by atoms with Crippen molar-refractivity contribution < 1.29 is 19.1 Å². The van der Waals surface area contributed by atoms with Crippen LogP contribution in [0.4, 0.5) is 4.79 Å². The summed E-state index contributed by atoms with van der Waals surface area (Å²) in [6, 6.07) is 13.9. The van der Waals surface area contributed by atoms with E-state index in [1.54, 1.807) is 40.0 Å². The minimum atomic E-state index is -0.630. The molecular formula is C26H32ClN5O4. The lowest BCUT2D eigenvalue weighted by Crippen LogP contribution is -2.75. The van der Waals surface area contributed by atoms with Crippen LogP contribution in [0.1, 0.15) is 30.9 Å². The standard InChI is InChI=1S/C26H32ClN5O4/c1-4-7-22-25(34)30(15-19-8-5-6-9-21(19)27)16-23-31(22)24(33)17-29(2)32(23)26(35)28-14-18-10-12-20(36-3)13-11-18/h5-6,8-13,22-23H,4,7,14-17H2,1-3H3,(H,28,35). The van der Waals surface area contributed by atoms with Gasteiger partial charge in [0.15, 0.2) is 0 Å². The highest BCUT2D eigenvalue weighted by Crippen LogP contribution is 2.29. The van der Waals surface area contributed by atoms with Crippen LogP contribution in [0.3, 0.4) is 0 Å². The van der Waals surface area contributed by atoms with Crippen LogP contribution in [0.15, 0.2) is 48.5 Å². The van der Waals surface area contributed by atoms with E-state index in [1.807, 2.05) is 49.4 Å². The smallest absolute Gasteiger partial charge is 0.334 e. The van der Waals surface area contributed by atoms with Crippen LogP contribution in [0.2, 0.25) is 5.02 Å². The molecule has 9 nitrogen and oxygen atoms in total. The van der Waals surface area contributed by atoms with Gasteiger partial charge in [0.25, 0.3) is 0 Å². The molecule has 4 amide bonds. The predicted molar refractivity (Wildman–Crippen MR) is 136 cm³/mol. The van der Waals surface area contributed by atoms with Gasteiger partial charge in [0.05, 0.1) is 20.2 Å². The second-order valence-corrected chi connectivity index (χ2v) is 9.47. The number of carbonyl (C=O) groups is 3. The summed E-state index contributed by atoms with van der Waals surface area (Å²) in [5, 5.41) is 6.71.